The molecule has 4 N–H and O–H groups in total. The number of fused-ring (bicyclic) bond motifs is 1. The number of aromatic nitrogens is 4. The van der Waals surface area contributed by atoms with Crippen LogP contribution in [0.3, 0.4) is 0 Å². The zero-order chi connectivity index (χ0) is 20.7. The summed E-state index contributed by atoms with van der Waals surface area (Å²) < 4.78 is 3.14. The van der Waals surface area contributed by atoms with E-state index in [4.69, 9.17) is 11.5 Å². The van der Waals surface area contributed by atoms with Gasteiger partial charge in [0.2, 0.25) is 0 Å². The maximum atomic E-state index is 12.3. The van der Waals surface area contributed by atoms with Crippen molar-refractivity contribution in [2.45, 2.75) is 13.3 Å². The standard InChI is InChI=1S/C21H20N6O2/c1-3-14-10-16(18-19(22)24-11-25-27(14)18)13-6-4-12(5-7-13)15-8-9-26(2)21(29)17(15)20(23)28/h4-11H,3H2,1-2H3,(H2,23,28)(H2,22,24,25). The molecule has 0 bridgehead atoms. The number of carbonyl (C=O) groups excluding carboxylic acids is 1. The van der Waals surface area contributed by atoms with E-state index in [0.29, 0.717) is 11.4 Å². The van der Waals surface area contributed by atoms with Crippen molar-refractivity contribution in [2.24, 2.45) is 12.8 Å². The second-order valence-electron chi connectivity index (χ2n) is 6.77. The number of nitrogens with two attached hydrogens (primary N) is 2. The van der Waals surface area contributed by atoms with Gasteiger partial charge in [0.05, 0.1) is 0 Å². The van der Waals surface area contributed by atoms with Crippen LogP contribution in [0.1, 0.15) is 23.0 Å². The molecule has 29 heavy (non-hydrogen) atoms. The number of amides is 1. The summed E-state index contributed by atoms with van der Waals surface area (Å²) in [6, 6.07) is 11.3. The van der Waals surface area contributed by atoms with Crippen molar-refractivity contribution in [3.8, 4) is 22.3 Å². The van der Waals surface area contributed by atoms with E-state index in [1.54, 1.807) is 23.8 Å². The minimum atomic E-state index is -0.749. The molecule has 0 spiro atoms. The third-order valence-corrected chi connectivity index (χ3v) is 5.04. The fourth-order valence-corrected chi connectivity index (χ4v) is 3.54. The van der Waals surface area contributed by atoms with E-state index in [-0.39, 0.29) is 5.56 Å². The molecule has 1 aromatic carbocycles. The number of rotatable bonds is 4. The molecule has 1 amide bonds. The number of nitrogen functional groups attached to an aromatic ring is 1. The molecule has 4 aromatic rings. The highest BCUT2D eigenvalue weighted by molar-refractivity contribution is 5.99. The van der Waals surface area contributed by atoms with Crippen LogP contribution in [0.4, 0.5) is 5.82 Å². The lowest BCUT2D eigenvalue weighted by Gasteiger charge is -2.09. The number of carbonyl (C=O) groups is 1. The van der Waals surface area contributed by atoms with Crippen LogP contribution in [0.5, 0.6) is 0 Å². The third kappa shape index (κ3) is 2.94. The molecule has 3 aromatic heterocycles. The highest BCUT2D eigenvalue weighted by Crippen LogP contribution is 2.32. The number of hydrogen-bond acceptors (Lipinski definition) is 5. The van der Waals surface area contributed by atoms with E-state index in [2.05, 4.69) is 10.1 Å². The van der Waals surface area contributed by atoms with Crippen LogP contribution in [-0.4, -0.2) is 25.1 Å². The smallest absolute Gasteiger partial charge is 0.263 e. The van der Waals surface area contributed by atoms with Crippen LogP contribution < -0.4 is 17.0 Å². The number of aryl methyl sites for hydroxylation is 2. The van der Waals surface area contributed by atoms with E-state index >= 15 is 0 Å². The summed E-state index contributed by atoms with van der Waals surface area (Å²) >= 11 is 0. The fraction of sp³-hybridized carbons (Fsp3) is 0.143. The van der Waals surface area contributed by atoms with Crippen molar-refractivity contribution >= 4 is 17.2 Å². The van der Waals surface area contributed by atoms with Crippen molar-refractivity contribution < 1.29 is 4.79 Å². The molecule has 0 fully saturated rings. The summed E-state index contributed by atoms with van der Waals surface area (Å²) in [6.07, 6.45) is 3.85. The Morgan fingerprint density at radius 3 is 2.38 bits per heavy atom. The van der Waals surface area contributed by atoms with Gasteiger partial charge in [-0.1, -0.05) is 31.2 Å². The number of pyridine rings is 1. The van der Waals surface area contributed by atoms with Gasteiger partial charge < -0.3 is 16.0 Å². The van der Waals surface area contributed by atoms with Gasteiger partial charge in [-0.15, -0.1) is 0 Å². The predicted molar refractivity (Wildman–Crippen MR) is 111 cm³/mol. The summed E-state index contributed by atoms with van der Waals surface area (Å²) in [5, 5.41) is 4.31. The SMILES string of the molecule is CCc1cc(-c2ccc(-c3ccn(C)c(=O)c3C(N)=O)cc2)c2c(N)ncnn12. The van der Waals surface area contributed by atoms with Crippen LogP contribution in [-0.2, 0) is 13.5 Å². The molecule has 0 radical (unpaired) electrons. The number of primary amides is 1. The van der Waals surface area contributed by atoms with Crippen molar-refractivity contribution in [3.63, 3.8) is 0 Å². The highest BCUT2D eigenvalue weighted by atomic mass is 16.2. The van der Waals surface area contributed by atoms with Crippen molar-refractivity contribution in [1.29, 1.82) is 0 Å². The lowest BCUT2D eigenvalue weighted by atomic mass is 9.98. The Labute approximate surface area is 166 Å². The summed E-state index contributed by atoms with van der Waals surface area (Å²) in [7, 11) is 1.58. The Hall–Kier alpha value is -3.94. The number of anilines is 1. The Bertz CT molecular complexity index is 1300. The topological polar surface area (TPSA) is 121 Å². The largest absolute Gasteiger partial charge is 0.382 e. The van der Waals surface area contributed by atoms with Gasteiger partial charge in [0.1, 0.15) is 17.4 Å². The first kappa shape index (κ1) is 18.4. The van der Waals surface area contributed by atoms with Gasteiger partial charge in [-0.2, -0.15) is 5.10 Å². The zero-order valence-corrected chi connectivity index (χ0v) is 16.1. The average Bonchev–Trinajstić information content (AvgIpc) is 3.10. The molecular weight excluding hydrogens is 368 g/mol. The van der Waals surface area contributed by atoms with Crippen molar-refractivity contribution in [3.05, 3.63) is 70.5 Å². The Balaban J connectivity index is 1.86. The molecule has 8 heteroatoms. The van der Waals surface area contributed by atoms with Gasteiger partial charge in [0.15, 0.2) is 5.82 Å². The molecule has 0 aliphatic carbocycles. The maximum Gasteiger partial charge on any atom is 0.263 e. The molecule has 3 heterocycles. The van der Waals surface area contributed by atoms with Crippen LogP contribution in [0, 0.1) is 0 Å². The van der Waals surface area contributed by atoms with E-state index in [1.807, 2.05) is 37.3 Å². The molecule has 0 unspecified atom stereocenters. The first-order chi connectivity index (χ1) is 13.9. The number of nitrogens with zero attached hydrogens (tertiary/aromatic N) is 4. The predicted octanol–water partition coefficient (Wildman–Crippen LogP) is 2.01. The minimum absolute atomic E-state index is 0.0250. The third-order valence-electron chi connectivity index (χ3n) is 5.04. The van der Waals surface area contributed by atoms with Gasteiger partial charge in [0, 0.05) is 30.1 Å². The molecule has 0 aliphatic rings. The summed E-state index contributed by atoms with van der Waals surface area (Å²) in [5.74, 6) is -0.345. The molecule has 0 saturated carbocycles. The second-order valence-corrected chi connectivity index (χ2v) is 6.77. The van der Waals surface area contributed by atoms with Crippen LogP contribution >= 0.6 is 0 Å². The van der Waals surface area contributed by atoms with E-state index in [9.17, 15) is 9.59 Å². The second kappa shape index (κ2) is 6.90. The van der Waals surface area contributed by atoms with Crippen LogP contribution in [0.15, 0.2) is 53.7 Å². The maximum absolute atomic E-state index is 12.3. The van der Waals surface area contributed by atoms with Crippen LogP contribution in [0.25, 0.3) is 27.8 Å². The Morgan fingerprint density at radius 2 is 1.76 bits per heavy atom. The van der Waals surface area contributed by atoms with E-state index in [0.717, 1.165) is 34.3 Å². The van der Waals surface area contributed by atoms with Gasteiger partial charge in [0.25, 0.3) is 11.5 Å². The lowest BCUT2D eigenvalue weighted by Crippen LogP contribution is -2.28. The van der Waals surface area contributed by atoms with Crippen molar-refractivity contribution in [1.82, 2.24) is 19.2 Å². The minimum Gasteiger partial charge on any atom is -0.382 e. The molecular formula is C21H20N6O2. The quantitative estimate of drug-likeness (QED) is 0.554. The number of benzene rings is 1. The summed E-state index contributed by atoms with van der Waals surface area (Å²) in [6.45, 7) is 2.05. The summed E-state index contributed by atoms with van der Waals surface area (Å²) in [4.78, 5) is 28.3. The van der Waals surface area contributed by atoms with E-state index < -0.39 is 11.5 Å². The van der Waals surface area contributed by atoms with Crippen molar-refractivity contribution in [2.75, 3.05) is 5.73 Å². The van der Waals surface area contributed by atoms with Crippen LogP contribution in [0.2, 0.25) is 0 Å². The first-order valence-corrected chi connectivity index (χ1v) is 9.13. The fourth-order valence-electron chi connectivity index (χ4n) is 3.54. The molecule has 0 saturated heterocycles. The van der Waals surface area contributed by atoms with Gasteiger partial charge in [-0.3, -0.25) is 9.59 Å². The Morgan fingerprint density at radius 1 is 1.10 bits per heavy atom. The average molecular weight is 388 g/mol. The summed E-state index contributed by atoms with van der Waals surface area (Å²) in [5.41, 5.74) is 16.0. The first-order valence-electron chi connectivity index (χ1n) is 9.13. The van der Waals surface area contributed by atoms with Gasteiger partial charge >= 0.3 is 0 Å². The molecule has 4 rings (SSSR count). The molecule has 0 atom stereocenters. The normalized spacial score (nSPS) is 11.1. The monoisotopic (exact) mass is 388 g/mol. The Kier molecular flexibility index (Phi) is 4.38. The van der Waals surface area contributed by atoms with Gasteiger partial charge in [-0.25, -0.2) is 9.50 Å². The number of hydrogen-bond donors (Lipinski definition) is 2. The molecule has 8 nitrogen and oxygen atoms in total. The highest BCUT2D eigenvalue weighted by Gasteiger charge is 2.17. The zero-order valence-electron chi connectivity index (χ0n) is 16.1. The molecule has 146 valence electrons. The molecule has 0 aliphatic heterocycles. The van der Waals surface area contributed by atoms with Gasteiger partial charge in [-0.05, 0) is 29.7 Å². The lowest BCUT2D eigenvalue weighted by molar-refractivity contribution is 0.0999. The van der Waals surface area contributed by atoms with E-state index in [1.165, 1.54) is 10.9 Å².